The lowest BCUT2D eigenvalue weighted by Crippen LogP contribution is -2.31. The molecule has 3 nitrogen and oxygen atoms in total. The first-order chi connectivity index (χ1) is 10.3. The van der Waals surface area contributed by atoms with Gasteiger partial charge in [-0.3, -0.25) is 4.68 Å². The number of nitrogens with zero attached hydrogens (tertiary/aromatic N) is 2. The minimum absolute atomic E-state index is 0.396. The van der Waals surface area contributed by atoms with Gasteiger partial charge in [0.15, 0.2) is 0 Å². The Hall–Kier alpha value is -1.61. The fourth-order valence-electron chi connectivity index (χ4n) is 3.64. The van der Waals surface area contributed by atoms with Crippen LogP contribution in [0.15, 0.2) is 36.5 Å². The van der Waals surface area contributed by atoms with E-state index in [4.69, 9.17) is 0 Å². The summed E-state index contributed by atoms with van der Waals surface area (Å²) in [6.45, 7) is 3.21. The van der Waals surface area contributed by atoms with Gasteiger partial charge in [-0.2, -0.15) is 5.10 Å². The number of nitrogens with one attached hydrogen (secondary N) is 1. The van der Waals surface area contributed by atoms with Crippen LogP contribution in [0, 0.1) is 5.92 Å². The van der Waals surface area contributed by atoms with E-state index in [1.54, 1.807) is 0 Å². The topological polar surface area (TPSA) is 29.9 Å². The summed E-state index contributed by atoms with van der Waals surface area (Å²) in [5.74, 6) is 0.650. The van der Waals surface area contributed by atoms with Gasteiger partial charge in [-0.15, -0.1) is 0 Å². The molecule has 1 aromatic carbocycles. The number of aromatic nitrogens is 2. The summed E-state index contributed by atoms with van der Waals surface area (Å²) < 4.78 is 2.17. The maximum Gasteiger partial charge on any atom is 0.0556 e. The lowest BCUT2D eigenvalue weighted by molar-refractivity contribution is 0.323. The van der Waals surface area contributed by atoms with Gasteiger partial charge in [-0.25, -0.2) is 0 Å². The Bertz CT molecular complexity index is 588. The highest BCUT2D eigenvalue weighted by molar-refractivity contribution is 5.30. The van der Waals surface area contributed by atoms with Crippen LogP contribution in [0.3, 0.4) is 0 Å². The fourth-order valence-corrected chi connectivity index (χ4v) is 3.64. The van der Waals surface area contributed by atoms with Crippen LogP contribution in [0.4, 0.5) is 0 Å². The van der Waals surface area contributed by atoms with Gasteiger partial charge in [0, 0.05) is 12.7 Å². The van der Waals surface area contributed by atoms with Gasteiger partial charge in [0.25, 0.3) is 0 Å². The summed E-state index contributed by atoms with van der Waals surface area (Å²) in [6.07, 6.45) is 6.67. The van der Waals surface area contributed by atoms with E-state index in [1.807, 2.05) is 6.20 Å². The quantitative estimate of drug-likeness (QED) is 0.912. The van der Waals surface area contributed by atoms with Crippen LogP contribution in [0.5, 0.6) is 0 Å². The van der Waals surface area contributed by atoms with Gasteiger partial charge in [0.05, 0.1) is 11.7 Å². The maximum absolute atomic E-state index is 4.49. The van der Waals surface area contributed by atoms with Crippen LogP contribution >= 0.6 is 0 Å². The average molecular weight is 283 g/mol. The molecule has 1 aromatic heterocycles. The third-order valence-electron chi connectivity index (χ3n) is 4.67. The molecular formula is C18H25N3. The smallest absolute Gasteiger partial charge is 0.0556 e. The molecule has 0 aliphatic heterocycles. The second-order valence-electron chi connectivity index (χ2n) is 6.02. The van der Waals surface area contributed by atoms with Crippen molar-refractivity contribution in [1.29, 1.82) is 0 Å². The molecule has 3 heteroatoms. The van der Waals surface area contributed by atoms with Gasteiger partial charge in [0.2, 0.25) is 0 Å². The molecule has 3 rings (SSSR count). The fraction of sp³-hybridized carbons (Fsp3) is 0.500. The molecule has 0 spiro atoms. The van der Waals surface area contributed by atoms with Crippen molar-refractivity contribution in [2.75, 3.05) is 7.05 Å². The molecule has 0 saturated carbocycles. The van der Waals surface area contributed by atoms with E-state index in [1.165, 1.54) is 36.1 Å². The lowest BCUT2D eigenvalue weighted by Gasteiger charge is -2.31. The Kier molecular flexibility index (Phi) is 4.39. The number of hydrogen-bond acceptors (Lipinski definition) is 2. The Morgan fingerprint density at radius 2 is 2.10 bits per heavy atom. The first kappa shape index (κ1) is 14.3. The molecule has 0 radical (unpaired) electrons. The van der Waals surface area contributed by atoms with Crippen LogP contribution < -0.4 is 5.32 Å². The first-order valence-electron chi connectivity index (χ1n) is 8.09. The van der Waals surface area contributed by atoms with E-state index < -0.39 is 0 Å². The van der Waals surface area contributed by atoms with Crippen molar-refractivity contribution in [1.82, 2.24) is 15.1 Å². The number of rotatable bonds is 5. The van der Waals surface area contributed by atoms with E-state index in [0.717, 1.165) is 13.0 Å². The van der Waals surface area contributed by atoms with E-state index in [0.29, 0.717) is 12.0 Å². The Morgan fingerprint density at radius 1 is 1.29 bits per heavy atom. The lowest BCUT2D eigenvalue weighted by atomic mass is 9.79. The maximum atomic E-state index is 4.49. The summed E-state index contributed by atoms with van der Waals surface area (Å²) in [7, 11) is 2.08. The van der Waals surface area contributed by atoms with Crippen molar-refractivity contribution in [3.8, 4) is 0 Å². The van der Waals surface area contributed by atoms with Gasteiger partial charge in [0.1, 0.15) is 0 Å². The van der Waals surface area contributed by atoms with Crippen molar-refractivity contribution in [3.63, 3.8) is 0 Å². The van der Waals surface area contributed by atoms with Gasteiger partial charge >= 0.3 is 0 Å². The summed E-state index contributed by atoms with van der Waals surface area (Å²) in [5.41, 5.74) is 4.39. The van der Waals surface area contributed by atoms with Crippen LogP contribution in [0.25, 0.3) is 0 Å². The van der Waals surface area contributed by atoms with Gasteiger partial charge < -0.3 is 5.32 Å². The zero-order valence-corrected chi connectivity index (χ0v) is 13.0. The minimum atomic E-state index is 0.396. The molecule has 0 fully saturated rings. The van der Waals surface area contributed by atoms with Crippen LogP contribution in [0.2, 0.25) is 0 Å². The Balaban J connectivity index is 1.83. The molecule has 2 atom stereocenters. The van der Waals surface area contributed by atoms with Crippen molar-refractivity contribution in [3.05, 3.63) is 53.3 Å². The number of hydrogen-bond donors (Lipinski definition) is 1. The van der Waals surface area contributed by atoms with Crippen molar-refractivity contribution in [2.45, 2.75) is 45.2 Å². The highest BCUT2D eigenvalue weighted by Crippen LogP contribution is 2.34. The highest BCUT2D eigenvalue weighted by atomic mass is 15.3. The van der Waals surface area contributed by atoms with E-state index in [-0.39, 0.29) is 0 Å². The first-order valence-corrected chi connectivity index (χ1v) is 8.09. The zero-order valence-electron chi connectivity index (χ0n) is 13.0. The van der Waals surface area contributed by atoms with Crippen molar-refractivity contribution in [2.24, 2.45) is 5.92 Å². The second-order valence-corrected chi connectivity index (χ2v) is 6.02. The van der Waals surface area contributed by atoms with Gasteiger partial charge in [-0.05, 0) is 55.8 Å². The average Bonchev–Trinajstić information content (AvgIpc) is 2.97. The van der Waals surface area contributed by atoms with E-state index >= 15 is 0 Å². The monoisotopic (exact) mass is 283 g/mol. The Labute approximate surface area is 127 Å². The number of fused-ring (bicyclic) bond motifs is 1. The summed E-state index contributed by atoms with van der Waals surface area (Å²) >= 11 is 0. The highest BCUT2D eigenvalue weighted by Gasteiger charge is 2.28. The summed E-state index contributed by atoms with van der Waals surface area (Å²) in [4.78, 5) is 0. The van der Waals surface area contributed by atoms with E-state index in [2.05, 4.69) is 59.4 Å². The van der Waals surface area contributed by atoms with Crippen LogP contribution in [0.1, 0.15) is 42.6 Å². The van der Waals surface area contributed by atoms with E-state index in [9.17, 15) is 0 Å². The third kappa shape index (κ3) is 2.88. The molecule has 0 saturated heterocycles. The van der Waals surface area contributed by atoms with Crippen molar-refractivity contribution >= 4 is 0 Å². The molecule has 1 aliphatic rings. The number of aryl methyl sites for hydroxylation is 2. The molecule has 2 unspecified atom stereocenters. The third-order valence-corrected chi connectivity index (χ3v) is 4.67. The normalized spacial score (nSPS) is 19.2. The standard InChI is InChI=1S/C18H25N3/c1-3-12-21-17(10-11-20-21)18(19-2)16-9-8-14-6-4-5-7-15(14)13-16/h4-7,10-11,16,18-19H,3,8-9,12-13H2,1-2H3. The molecule has 21 heavy (non-hydrogen) atoms. The van der Waals surface area contributed by atoms with Crippen molar-refractivity contribution < 1.29 is 0 Å². The van der Waals surface area contributed by atoms with Gasteiger partial charge in [-0.1, -0.05) is 31.2 Å². The minimum Gasteiger partial charge on any atom is -0.311 e. The second kappa shape index (κ2) is 6.44. The molecular weight excluding hydrogens is 258 g/mol. The molecule has 1 aliphatic carbocycles. The summed E-state index contributed by atoms with van der Waals surface area (Å²) in [5, 5.41) is 8.03. The molecule has 112 valence electrons. The number of benzene rings is 1. The van der Waals surface area contributed by atoms with Crippen LogP contribution in [-0.4, -0.2) is 16.8 Å². The van der Waals surface area contributed by atoms with Crippen LogP contribution in [-0.2, 0) is 19.4 Å². The predicted octanol–water partition coefficient (Wildman–Crippen LogP) is 3.36. The largest absolute Gasteiger partial charge is 0.311 e. The molecule has 0 amide bonds. The molecule has 1 N–H and O–H groups in total. The predicted molar refractivity (Wildman–Crippen MR) is 86.3 cm³/mol. The SMILES string of the molecule is CCCn1nccc1C(NC)C1CCc2ccccc2C1. The molecule has 2 aromatic rings. The molecule has 0 bridgehead atoms. The zero-order chi connectivity index (χ0) is 14.7. The summed E-state index contributed by atoms with van der Waals surface area (Å²) in [6, 6.07) is 11.5. The Morgan fingerprint density at radius 3 is 2.86 bits per heavy atom. The molecule has 1 heterocycles.